The lowest BCUT2D eigenvalue weighted by Gasteiger charge is -2.19. The number of nitrogens with zero attached hydrogens (tertiary/aromatic N) is 1. The first-order chi connectivity index (χ1) is 7.02. The molecule has 0 aliphatic rings. The molecule has 0 saturated carbocycles. The summed E-state index contributed by atoms with van der Waals surface area (Å²) in [4.78, 5) is 1.51. The van der Waals surface area contributed by atoms with Gasteiger partial charge < -0.3 is 10.6 Å². The van der Waals surface area contributed by atoms with Crippen LogP contribution in [0.4, 0.5) is 14.5 Å². The lowest BCUT2D eigenvalue weighted by molar-refractivity contribution is 0.156. The monoisotopic (exact) mass is 278 g/mol. The van der Waals surface area contributed by atoms with Crippen molar-refractivity contribution in [3.63, 3.8) is 0 Å². The molecule has 0 fully saturated rings. The molecule has 0 aliphatic carbocycles. The van der Waals surface area contributed by atoms with Gasteiger partial charge in [-0.05, 0) is 23.8 Å². The van der Waals surface area contributed by atoms with Crippen molar-refractivity contribution in [2.75, 3.05) is 18.5 Å². The van der Waals surface area contributed by atoms with Crippen LogP contribution in [0.2, 0.25) is 0 Å². The second kappa shape index (κ2) is 5.42. The van der Waals surface area contributed by atoms with Gasteiger partial charge in [-0.2, -0.15) is 0 Å². The van der Waals surface area contributed by atoms with Crippen molar-refractivity contribution in [3.8, 4) is 0 Å². The normalized spacial score (nSPS) is 10.8. The fourth-order valence-electron chi connectivity index (χ4n) is 1.28. The van der Waals surface area contributed by atoms with Gasteiger partial charge >= 0.3 is 0 Å². The number of benzene rings is 1. The van der Waals surface area contributed by atoms with Crippen molar-refractivity contribution in [1.82, 2.24) is 0 Å². The predicted molar refractivity (Wildman–Crippen MR) is 61.3 cm³/mol. The van der Waals surface area contributed by atoms with Crippen LogP contribution in [0.15, 0.2) is 22.7 Å². The molecule has 84 valence electrons. The zero-order valence-electron chi connectivity index (χ0n) is 8.38. The Kier molecular flexibility index (Phi) is 4.47. The van der Waals surface area contributed by atoms with Crippen LogP contribution in [0.3, 0.4) is 0 Å². The fraction of sp³-hybridized carbons (Fsp3) is 0.400. The summed E-state index contributed by atoms with van der Waals surface area (Å²) in [6.07, 6.45) is -2.34. The molecule has 0 spiro atoms. The van der Waals surface area contributed by atoms with E-state index in [0.29, 0.717) is 6.54 Å². The van der Waals surface area contributed by atoms with E-state index in [1.807, 2.05) is 12.1 Å². The summed E-state index contributed by atoms with van der Waals surface area (Å²) in [6.45, 7) is 0.120. The highest BCUT2D eigenvalue weighted by Gasteiger charge is 2.09. The van der Waals surface area contributed by atoms with E-state index >= 15 is 0 Å². The topological polar surface area (TPSA) is 29.3 Å². The van der Waals surface area contributed by atoms with E-state index in [4.69, 9.17) is 5.73 Å². The molecule has 0 heterocycles. The molecule has 2 N–H and O–H groups in total. The van der Waals surface area contributed by atoms with Crippen LogP contribution in [0.5, 0.6) is 0 Å². The summed E-state index contributed by atoms with van der Waals surface area (Å²) < 4.78 is 25.2. The summed E-state index contributed by atoms with van der Waals surface area (Å²) in [5.74, 6) is 0. The van der Waals surface area contributed by atoms with Gasteiger partial charge in [0.15, 0.2) is 0 Å². The predicted octanol–water partition coefficient (Wildman–Crippen LogP) is 2.61. The molecule has 0 radical (unpaired) electrons. The lowest BCUT2D eigenvalue weighted by atomic mass is 10.2. The molecular weight excluding hydrogens is 266 g/mol. The van der Waals surface area contributed by atoms with Gasteiger partial charge in [-0.3, -0.25) is 0 Å². The number of hydrogen-bond acceptors (Lipinski definition) is 2. The maximum absolute atomic E-state index is 12.2. The number of rotatable bonds is 4. The summed E-state index contributed by atoms with van der Waals surface area (Å²) in [5, 5.41) is 0. The Hall–Kier alpha value is -0.680. The first kappa shape index (κ1) is 12.4. The Labute approximate surface area is 96.2 Å². The van der Waals surface area contributed by atoms with Crippen molar-refractivity contribution >= 4 is 21.6 Å². The molecule has 1 rings (SSSR count). The lowest BCUT2D eigenvalue weighted by Crippen LogP contribution is -2.24. The third-order valence-corrected chi connectivity index (χ3v) is 2.49. The molecule has 15 heavy (non-hydrogen) atoms. The molecule has 5 heteroatoms. The molecule has 0 amide bonds. The second-order valence-corrected chi connectivity index (χ2v) is 4.21. The minimum absolute atomic E-state index is 0.277. The largest absolute Gasteiger partial charge is 0.369 e. The van der Waals surface area contributed by atoms with Crippen LogP contribution in [-0.4, -0.2) is 20.0 Å². The Morgan fingerprint density at radius 2 is 2.07 bits per heavy atom. The Morgan fingerprint density at radius 3 is 2.60 bits per heavy atom. The van der Waals surface area contributed by atoms with Crippen molar-refractivity contribution in [3.05, 3.63) is 28.2 Å². The van der Waals surface area contributed by atoms with Gasteiger partial charge in [-0.15, -0.1) is 0 Å². The third-order valence-electron chi connectivity index (χ3n) is 2.03. The van der Waals surface area contributed by atoms with Crippen LogP contribution >= 0.6 is 15.9 Å². The Balaban J connectivity index is 2.88. The molecule has 0 saturated heterocycles. The summed E-state index contributed by atoms with van der Waals surface area (Å²) in [5.41, 5.74) is 7.16. The van der Waals surface area contributed by atoms with Crippen LogP contribution in [0.25, 0.3) is 0 Å². The highest BCUT2D eigenvalue weighted by molar-refractivity contribution is 9.10. The third kappa shape index (κ3) is 3.76. The molecule has 2 nitrogen and oxygen atoms in total. The maximum Gasteiger partial charge on any atom is 0.255 e. The van der Waals surface area contributed by atoms with Gasteiger partial charge in [0, 0.05) is 23.8 Å². The smallest absolute Gasteiger partial charge is 0.255 e. The number of nitrogens with two attached hydrogens (primary N) is 1. The first-order valence-electron chi connectivity index (χ1n) is 4.51. The van der Waals surface area contributed by atoms with Gasteiger partial charge in [-0.25, -0.2) is 8.78 Å². The van der Waals surface area contributed by atoms with Gasteiger partial charge in [-0.1, -0.05) is 15.9 Å². The highest BCUT2D eigenvalue weighted by atomic mass is 79.9. The Bertz CT molecular complexity index is 331. The van der Waals surface area contributed by atoms with E-state index in [9.17, 15) is 8.78 Å². The molecule has 1 aromatic rings. The standard InChI is InChI=1S/C10H13BrF2N2/c1-15(6-10(12)13)9-3-7(5-14)2-8(11)4-9/h2-4,10H,5-6,14H2,1H3. The zero-order chi connectivity index (χ0) is 11.4. The van der Waals surface area contributed by atoms with Gasteiger partial charge in [0.25, 0.3) is 6.43 Å². The van der Waals surface area contributed by atoms with Crippen molar-refractivity contribution in [2.24, 2.45) is 5.73 Å². The molecule has 0 aliphatic heterocycles. The van der Waals surface area contributed by atoms with E-state index in [2.05, 4.69) is 15.9 Å². The summed E-state index contributed by atoms with van der Waals surface area (Å²) in [7, 11) is 1.63. The molecule has 0 atom stereocenters. The van der Waals surface area contributed by atoms with Crippen molar-refractivity contribution < 1.29 is 8.78 Å². The fourth-order valence-corrected chi connectivity index (χ4v) is 1.81. The average Bonchev–Trinajstić information content (AvgIpc) is 2.15. The number of anilines is 1. The number of halogens is 3. The minimum Gasteiger partial charge on any atom is -0.369 e. The van der Waals surface area contributed by atoms with E-state index in [1.54, 1.807) is 13.1 Å². The number of hydrogen-bond donors (Lipinski definition) is 1. The van der Waals surface area contributed by atoms with E-state index in [0.717, 1.165) is 15.7 Å². The van der Waals surface area contributed by atoms with Gasteiger partial charge in [0.2, 0.25) is 0 Å². The highest BCUT2D eigenvalue weighted by Crippen LogP contribution is 2.22. The molecule has 0 bridgehead atoms. The van der Waals surface area contributed by atoms with E-state index < -0.39 is 6.43 Å². The van der Waals surface area contributed by atoms with Gasteiger partial charge in [0.05, 0.1) is 6.54 Å². The summed E-state index contributed by atoms with van der Waals surface area (Å²) >= 11 is 3.32. The first-order valence-corrected chi connectivity index (χ1v) is 5.31. The molecule has 1 aromatic carbocycles. The van der Waals surface area contributed by atoms with Crippen molar-refractivity contribution in [1.29, 1.82) is 0 Å². The molecule has 0 aromatic heterocycles. The van der Waals surface area contributed by atoms with Gasteiger partial charge in [0.1, 0.15) is 0 Å². The van der Waals surface area contributed by atoms with E-state index in [-0.39, 0.29) is 6.54 Å². The van der Waals surface area contributed by atoms with Crippen LogP contribution < -0.4 is 10.6 Å². The Morgan fingerprint density at radius 1 is 1.40 bits per heavy atom. The zero-order valence-corrected chi connectivity index (χ0v) is 9.97. The average molecular weight is 279 g/mol. The number of alkyl halides is 2. The molecule has 0 unspecified atom stereocenters. The van der Waals surface area contributed by atoms with Crippen molar-refractivity contribution in [2.45, 2.75) is 13.0 Å². The summed E-state index contributed by atoms with van der Waals surface area (Å²) in [6, 6.07) is 5.48. The minimum atomic E-state index is -2.34. The second-order valence-electron chi connectivity index (χ2n) is 3.29. The van der Waals surface area contributed by atoms with Crippen LogP contribution in [0, 0.1) is 0 Å². The molecular formula is C10H13BrF2N2. The van der Waals surface area contributed by atoms with E-state index in [1.165, 1.54) is 4.90 Å². The van der Waals surface area contributed by atoms with Crippen LogP contribution in [0.1, 0.15) is 5.56 Å². The van der Waals surface area contributed by atoms with Crippen LogP contribution in [-0.2, 0) is 6.54 Å². The maximum atomic E-state index is 12.2. The quantitative estimate of drug-likeness (QED) is 0.918. The SMILES string of the molecule is CN(CC(F)F)c1cc(Br)cc(CN)c1.